The Balaban J connectivity index is 4.11. The highest BCUT2D eigenvalue weighted by Gasteiger charge is 2.25. The van der Waals surface area contributed by atoms with Gasteiger partial charge in [-0.2, -0.15) is 0 Å². The van der Waals surface area contributed by atoms with Crippen LogP contribution >= 0.6 is 0 Å². The molecule has 2 atom stereocenters. The minimum Gasteiger partial charge on any atom is -0.477 e. The number of carboxylic acids is 1. The fourth-order valence-electron chi connectivity index (χ4n) is 9.87. The zero-order valence-corrected chi connectivity index (χ0v) is 53.2. The molecule has 466 valence electrons. The van der Waals surface area contributed by atoms with Gasteiger partial charge in [-0.3, -0.25) is 9.59 Å². The van der Waals surface area contributed by atoms with E-state index in [1.807, 2.05) is 21.1 Å². The summed E-state index contributed by atoms with van der Waals surface area (Å²) in [6, 6.07) is 0. The third-order valence-corrected chi connectivity index (χ3v) is 15.0. The van der Waals surface area contributed by atoms with Crippen LogP contribution in [-0.4, -0.2) is 87.4 Å². The van der Waals surface area contributed by atoms with E-state index in [9.17, 15) is 19.5 Å². The standard InChI is InChI=1S/C71H129NO8/c1-6-8-10-12-14-16-18-20-22-24-26-28-30-32-33-34-35-36-37-38-40-42-44-46-48-50-52-54-56-58-60-62-69(74)80-67(66-79-71(70(75)76)77-64-63-72(3,4)5)65-78-68(73)61-59-57-55-53-51-49-47-45-43-41-39-31-29-27-25-23-21-19-17-15-13-11-9-7-2/h8,10,14,16,20,22,26,28,32-33,67,71H,6-7,9,11-13,15,17-19,21,23-25,27,29-31,34-66H2,1-5H3/p+1/b10-8-,16-14-,22-20-,28-26-,33-32-. The number of carboxylic acid groups (broad SMARTS) is 1. The van der Waals surface area contributed by atoms with Gasteiger partial charge in [0.1, 0.15) is 13.2 Å². The molecule has 0 aromatic carbocycles. The maximum absolute atomic E-state index is 12.9. The molecule has 0 fully saturated rings. The number of esters is 2. The predicted octanol–water partition coefficient (Wildman–Crippen LogP) is 20.7. The fraction of sp³-hybridized carbons (Fsp3) is 0.817. The maximum atomic E-state index is 12.9. The van der Waals surface area contributed by atoms with Gasteiger partial charge in [-0.05, 0) is 57.8 Å². The number of ether oxygens (including phenoxy) is 4. The van der Waals surface area contributed by atoms with Crippen molar-refractivity contribution in [1.29, 1.82) is 0 Å². The van der Waals surface area contributed by atoms with E-state index in [4.69, 9.17) is 18.9 Å². The van der Waals surface area contributed by atoms with Gasteiger partial charge in [0, 0.05) is 12.8 Å². The van der Waals surface area contributed by atoms with E-state index < -0.39 is 18.4 Å². The highest BCUT2D eigenvalue weighted by atomic mass is 16.7. The highest BCUT2D eigenvalue weighted by molar-refractivity contribution is 5.71. The Kier molecular flexibility index (Phi) is 59.7. The van der Waals surface area contributed by atoms with Crippen molar-refractivity contribution in [3.63, 3.8) is 0 Å². The molecule has 0 heterocycles. The number of unbranched alkanes of at least 4 members (excludes halogenated alkanes) is 38. The van der Waals surface area contributed by atoms with Crippen LogP contribution in [0.25, 0.3) is 0 Å². The molecule has 0 saturated heterocycles. The molecule has 2 unspecified atom stereocenters. The van der Waals surface area contributed by atoms with Crippen LogP contribution in [0.15, 0.2) is 60.8 Å². The minimum absolute atomic E-state index is 0.178. The van der Waals surface area contributed by atoms with E-state index in [-0.39, 0.29) is 38.2 Å². The third-order valence-electron chi connectivity index (χ3n) is 15.0. The van der Waals surface area contributed by atoms with Gasteiger partial charge in [0.2, 0.25) is 0 Å². The number of rotatable bonds is 63. The van der Waals surface area contributed by atoms with Gasteiger partial charge in [0.05, 0.1) is 34.4 Å². The molecule has 0 aliphatic carbocycles. The Morgan fingerprint density at radius 3 is 1.06 bits per heavy atom. The van der Waals surface area contributed by atoms with Crippen LogP contribution in [0.5, 0.6) is 0 Å². The quantitative estimate of drug-likeness (QED) is 0.0211. The summed E-state index contributed by atoms with van der Waals surface area (Å²) < 4.78 is 23.0. The molecular formula is C71H130NO8+. The maximum Gasteiger partial charge on any atom is 0.361 e. The number of likely N-dealkylation sites (N-methyl/N-ethyl adjacent to an activating group) is 1. The predicted molar refractivity (Wildman–Crippen MR) is 341 cm³/mol. The molecule has 0 aromatic heterocycles. The van der Waals surface area contributed by atoms with Crippen LogP contribution in [0.1, 0.15) is 316 Å². The summed E-state index contributed by atoms with van der Waals surface area (Å²) in [5.74, 6) is -1.98. The first-order valence-corrected chi connectivity index (χ1v) is 34.0. The average molecular weight is 1130 g/mol. The molecule has 0 rings (SSSR count). The van der Waals surface area contributed by atoms with E-state index in [1.54, 1.807) is 0 Å². The van der Waals surface area contributed by atoms with Crippen molar-refractivity contribution in [2.24, 2.45) is 0 Å². The lowest BCUT2D eigenvalue weighted by atomic mass is 10.0. The van der Waals surface area contributed by atoms with Crippen molar-refractivity contribution in [1.82, 2.24) is 0 Å². The summed E-state index contributed by atoms with van der Waals surface area (Å²) in [6.45, 7) is 4.82. The van der Waals surface area contributed by atoms with Gasteiger partial charge in [-0.25, -0.2) is 4.79 Å². The smallest absolute Gasteiger partial charge is 0.361 e. The van der Waals surface area contributed by atoms with Gasteiger partial charge in [0.25, 0.3) is 6.29 Å². The number of hydrogen-bond acceptors (Lipinski definition) is 7. The highest BCUT2D eigenvalue weighted by Crippen LogP contribution is 2.18. The summed E-state index contributed by atoms with van der Waals surface area (Å²) in [7, 11) is 5.98. The second-order valence-electron chi connectivity index (χ2n) is 24.1. The lowest BCUT2D eigenvalue weighted by Crippen LogP contribution is -2.40. The van der Waals surface area contributed by atoms with Crippen molar-refractivity contribution < 1.29 is 42.9 Å². The van der Waals surface area contributed by atoms with Crippen molar-refractivity contribution in [3.8, 4) is 0 Å². The number of quaternary nitrogens is 1. The van der Waals surface area contributed by atoms with Gasteiger partial charge < -0.3 is 28.5 Å². The lowest BCUT2D eigenvalue weighted by molar-refractivity contribution is -0.870. The molecule has 1 N–H and O–H groups in total. The van der Waals surface area contributed by atoms with E-state index in [2.05, 4.69) is 74.6 Å². The van der Waals surface area contributed by atoms with Crippen molar-refractivity contribution >= 4 is 17.9 Å². The number of hydrogen-bond donors (Lipinski definition) is 1. The van der Waals surface area contributed by atoms with Gasteiger partial charge >= 0.3 is 17.9 Å². The Bertz CT molecular complexity index is 1500. The monoisotopic (exact) mass is 1120 g/mol. The molecule has 0 bridgehead atoms. The van der Waals surface area contributed by atoms with Crippen LogP contribution in [0.4, 0.5) is 0 Å². The molecule has 0 spiro atoms. The molecule has 0 aromatic rings. The van der Waals surface area contributed by atoms with E-state index in [1.165, 1.54) is 218 Å². The SMILES string of the molecule is CC/C=C\C/C=C\C/C=C\C/C=C\C/C=C\CCCCCCCCCCCCCCCCCC(=O)OC(COC(=O)CCCCCCCCCCCCCCCCCCCCCCCCCC)COC(OCC[N+](C)(C)C)C(=O)O. The van der Waals surface area contributed by atoms with Crippen molar-refractivity contribution in [2.75, 3.05) is 47.5 Å². The second-order valence-corrected chi connectivity index (χ2v) is 24.1. The molecule has 0 radical (unpaired) electrons. The summed E-state index contributed by atoms with van der Waals surface area (Å²) >= 11 is 0. The van der Waals surface area contributed by atoms with Crippen LogP contribution in [-0.2, 0) is 33.3 Å². The van der Waals surface area contributed by atoms with E-state index in [0.717, 1.165) is 70.6 Å². The van der Waals surface area contributed by atoms with E-state index in [0.29, 0.717) is 17.4 Å². The first-order valence-electron chi connectivity index (χ1n) is 34.0. The molecule has 0 amide bonds. The molecule has 0 aliphatic heterocycles. The van der Waals surface area contributed by atoms with Gasteiger partial charge in [0.15, 0.2) is 6.10 Å². The minimum atomic E-state index is -1.51. The topological polar surface area (TPSA) is 108 Å². The Hall–Kier alpha value is -3.01. The third kappa shape index (κ3) is 62.6. The lowest BCUT2D eigenvalue weighted by Gasteiger charge is -2.25. The van der Waals surface area contributed by atoms with Crippen LogP contribution < -0.4 is 0 Å². The average Bonchev–Trinajstić information content (AvgIpc) is 3.43. The molecule has 0 saturated carbocycles. The first-order chi connectivity index (χ1) is 39.1. The number of aliphatic carboxylic acids is 1. The normalized spacial score (nSPS) is 13.1. The largest absolute Gasteiger partial charge is 0.477 e. The number of carbonyl (C=O) groups is 3. The number of nitrogens with zero attached hydrogens (tertiary/aromatic N) is 1. The molecule has 9 nitrogen and oxygen atoms in total. The van der Waals surface area contributed by atoms with Crippen molar-refractivity contribution in [2.45, 2.75) is 328 Å². The fourth-order valence-corrected chi connectivity index (χ4v) is 9.87. The van der Waals surface area contributed by atoms with Crippen LogP contribution in [0.3, 0.4) is 0 Å². The molecule has 80 heavy (non-hydrogen) atoms. The van der Waals surface area contributed by atoms with Crippen LogP contribution in [0.2, 0.25) is 0 Å². The van der Waals surface area contributed by atoms with Crippen LogP contribution in [0, 0.1) is 0 Å². The van der Waals surface area contributed by atoms with Gasteiger partial charge in [-0.15, -0.1) is 0 Å². The zero-order valence-electron chi connectivity index (χ0n) is 53.2. The molecule has 9 heteroatoms. The van der Waals surface area contributed by atoms with Gasteiger partial charge in [-0.1, -0.05) is 306 Å². The molecule has 0 aliphatic rings. The Morgan fingerprint density at radius 2 is 0.713 bits per heavy atom. The summed E-state index contributed by atoms with van der Waals surface area (Å²) in [5.41, 5.74) is 0. The number of allylic oxidation sites excluding steroid dienone is 10. The first kappa shape index (κ1) is 77.0. The summed E-state index contributed by atoms with van der Waals surface area (Å²) in [6.07, 6.45) is 77.5. The zero-order chi connectivity index (χ0) is 58.3. The Morgan fingerprint density at radius 1 is 0.388 bits per heavy atom. The molecular weight excluding hydrogens is 995 g/mol. The van der Waals surface area contributed by atoms with Crippen molar-refractivity contribution in [3.05, 3.63) is 60.8 Å². The Labute approximate surface area is 495 Å². The summed E-state index contributed by atoms with van der Waals surface area (Å²) in [5, 5.41) is 9.74. The number of carbonyl (C=O) groups excluding carboxylic acids is 2. The summed E-state index contributed by atoms with van der Waals surface area (Å²) in [4.78, 5) is 37.6. The second kappa shape index (κ2) is 62.0. The van der Waals surface area contributed by atoms with E-state index >= 15 is 0 Å².